The van der Waals surface area contributed by atoms with Crippen molar-refractivity contribution in [3.05, 3.63) is 47.0 Å². The van der Waals surface area contributed by atoms with Gasteiger partial charge in [0.1, 0.15) is 0 Å². The molecular weight excluding hydrogens is 276 g/mol. The van der Waals surface area contributed by atoms with Crippen LogP contribution in [0.5, 0.6) is 0 Å². The third kappa shape index (κ3) is 4.16. The molecule has 2 aromatic rings. The first kappa shape index (κ1) is 16.2. The number of aryl methyl sites for hydroxylation is 2. The highest BCUT2D eigenvalue weighted by Crippen LogP contribution is 2.19. The van der Waals surface area contributed by atoms with Crippen LogP contribution in [0.1, 0.15) is 54.7 Å². The molecule has 2 aromatic heterocycles. The van der Waals surface area contributed by atoms with Gasteiger partial charge in [-0.2, -0.15) is 5.10 Å². The van der Waals surface area contributed by atoms with E-state index in [0.29, 0.717) is 6.42 Å². The smallest absolute Gasteiger partial charge is 0.225 e. The van der Waals surface area contributed by atoms with Crippen molar-refractivity contribution in [2.75, 3.05) is 0 Å². The summed E-state index contributed by atoms with van der Waals surface area (Å²) in [5, 5.41) is 10.2. The number of amides is 1. The maximum absolute atomic E-state index is 12.4. The van der Waals surface area contributed by atoms with Crippen LogP contribution < -0.4 is 5.32 Å². The predicted octanol–water partition coefficient (Wildman–Crippen LogP) is 3.01. The van der Waals surface area contributed by atoms with E-state index in [9.17, 15) is 4.79 Å². The Balaban J connectivity index is 2.05. The largest absolute Gasteiger partial charge is 0.349 e. The maximum Gasteiger partial charge on any atom is 0.225 e. The number of nitrogens with one attached hydrogen (secondary N) is 2. The van der Waals surface area contributed by atoms with E-state index in [1.807, 2.05) is 32.2 Å². The van der Waals surface area contributed by atoms with Crippen LogP contribution in [-0.2, 0) is 11.2 Å². The second kappa shape index (κ2) is 7.73. The molecule has 5 nitrogen and oxygen atoms in total. The van der Waals surface area contributed by atoms with Gasteiger partial charge in [-0.3, -0.25) is 14.9 Å². The fourth-order valence-corrected chi connectivity index (χ4v) is 2.55. The van der Waals surface area contributed by atoms with Crippen molar-refractivity contribution in [1.82, 2.24) is 20.5 Å². The van der Waals surface area contributed by atoms with Gasteiger partial charge < -0.3 is 5.32 Å². The minimum absolute atomic E-state index is 0.0219. The van der Waals surface area contributed by atoms with Gasteiger partial charge in [-0.25, -0.2) is 0 Å². The molecule has 0 unspecified atom stereocenters. The average Bonchev–Trinajstić information content (AvgIpc) is 2.84. The molecule has 0 aliphatic carbocycles. The van der Waals surface area contributed by atoms with Gasteiger partial charge in [0.05, 0.1) is 18.2 Å². The summed E-state index contributed by atoms with van der Waals surface area (Å²) in [5.74, 6) is 0.0255. The van der Waals surface area contributed by atoms with Crippen LogP contribution in [0.25, 0.3) is 0 Å². The van der Waals surface area contributed by atoms with Crippen molar-refractivity contribution in [3.8, 4) is 0 Å². The zero-order chi connectivity index (χ0) is 15.9. The van der Waals surface area contributed by atoms with Crippen LogP contribution in [0, 0.1) is 13.8 Å². The molecule has 0 spiro atoms. The summed E-state index contributed by atoms with van der Waals surface area (Å²) < 4.78 is 0. The van der Waals surface area contributed by atoms with E-state index in [1.165, 1.54) is 0 Å². The van der Waals surface area contributed by atoms with E-state index in [0.717, 1.165) is 41.8 Å². The van der Waals surface area contributed by atoms with E-state index in [1.54, 1.807) is 6.20 Å². The first-order valence-corrected chi connectivity index (χ1v) is 7.81. The van der Waals surface area contributed by atoms with Crippen molar-refractivity contribution >= 4 is 5.91 Å². The number of unbranched alkanes of at least 4 members (excludes halogenated alkanes) is 1. The minimum atomic E-state index is 0.0219. The van der Waals surface area contributed by atoms with Crippen LogP contribution in [0.4, 0.5) is 0 Å². The van der Waals surface area contributed by atoms with Gasteiger partial charge in [-0.05, 0) is 31.9 Å². The van der Waals surface area contributed by atoms with Crippen LogP contribution >= 0.6 is 0 Å². The second-order valence-electron chi connectivity index (χ2n) is 5.64. The summed E-state index contributed by atoms with van der Waals surface area (Å²) >= 11 is 0. The Bertz CT molecular complexity index is 587. The van der Waals surface area contributed by atoms with Crippen LogP contribution in [-0.4, -0.2) is 21.1 Å². The molecule has 118 valence electrons. The van der Waals surface area contributed by atoms with Crippen LogP contribution in [0.3, 0.4) is 0 Å². The lowest BCUT2D eigenvalue weighted by atomic mass is 10.0. The molecule has 0 fully saturated rings. The third-order valence-electron chi connectivity index (χ3n) is 3.89. The van der Waals surface area contributed by atoms with E-state index in [2.05, 4.69) is 27.4 Å². The first-order chi connectivity index (χ1) is 10.6. The summed E-state index contributed by atoms with van der Waals surface area (Å²) in [6, 6.07) is 3.95. The lowest BCUT2D eigenvalue weighted by molar-refractivity contribution is -0.121. The van der Waals surface area contributed by atoms with Crippen molar-refractivity contribution in [2.45, 2.75) is 52.5 Å². The highest BCUT2D eigenvalue weighted by molar-refractivity contribution is 5.79. The number of rotatable bonds is 7. The second-order valence-corrected chi connectivity index (χ2v) is 5.64. The Morgan fingerprint density at radius 3 is 2.82 bits per heavy atom. The van der Waals surface area contributed by atoms with Crippen LogP contribution in [0.2, 0.25) is 0 Å². The van der Waals surface area contributed by atoms with Gasteiger partial charge in [0.25, 0.3) is 0 Å². The fraction of sp³-hybridized carbons (Fsp3) is 0.471. The number of nitrogens with zero attached hydrogens (tertiary/aromatic N) is 2. The summed E-state index contributed by atoms with van der Waals surface area (Å²) in [7, 11) is 0. The Hall–Kier alpha value is -2.17. The minimum Gasteiger partial charge on any atom is -0.349 e. The fourth-order valence-electron chi connectivity index (χ4n) is 2.55. The summed E-state index contributed by atoms with van der Waals surface area (Å²) in [4.78, 5) is 16.5. The molecule has 2 heterocycles. The van der Waals surface area contributed by atoms with Crippen molar-refractivity contribution in [1.29, 1.82) is 0 Å². The SMILES string of the molecule is CCCC[C@@H](NC(=O)Cc1c(C)n[nH]c1C)c1cccnc1. The van der Waals surface area contributed by atoms with E-state index in [4.69, 9.17) is 0 Å². The first-order valence-electron chi connectivity index (χ1n) is 7.81. The molecule has 2 N–H and O–H groups in total. The molecule has 0 saturated heterocycles. The van der Waals surface area contributed by atoms with E-state index >= 15 is 0 Å². The molecule has 1 amide bonds. The van der Waals surface area contributed by atoms with Gasteiger partial charge in [0, 0.05) is 23.7 Å². The molecule has 5 heteroatoms. The molecular formula is C17H24N4O. The summed E-state index contributed by atoms with van der Waals surface area (Å²) in [5.41, 5.74) is 3.89. The number of hydrogen-bond acceptors (Lipinski definition) is 3. The third-order valence-corrected chi connectivity index (χ3v) is 3.89. The topological polar surface area (TPSA) is 70.7 Å². The zero-order valence-corrected chi connectivity index (χ0v) is 13.5. The van der Waals surface area contributed by atoms with Gasteiger partial charge in [0.15, 0.2) is 0 Å². The zero-order valence-electron chi connectivity index (χ0n) is 13.5. The van der Waals surface area contributed by atoms with E-state index in [-0.39, 0.29) is 11.9 Å². The van der Waals surface area contributed by atoms with Gasteiger partial charge >= 0.3 is 0 Å². The molecule has 0 aliphatic heterocycles. The van der Waals surface area contributed by atoms with Gasteiger partial charge in [-0.1, -0.05) is 25.8 Å². The molecule has 1 atom stereocenters. The molecule has 2 rings (SSSR count). The van der Waals surface area contributed by atoms with Crippen molar-refractivity contribution in [2.24, 2.45) is 0 Å². The van der Waals surface area contributed by atoms with Crippen molar-refractivity contribution in [3.63, 3.8) is 0 Å². The molecule has 0 radical (unpaired) electrons. The molecule has 0 aromatic carbocycles. The number of hydrogen-bond donors (Lipinski definition) is 2. The van der Waals surface area contributed by atoms with Crippen molar-refractivity contribution < 1.29 is 4.79 Å². The maximum atomic E-state index is 12.4. The molecule has 22 heavy (non-hydrogen) atoms. The predicted molar refractivity (Wildman–Crippen MR) is 86.4 cm³/mol. The van der Waals surface area contributed by atoms with Crippen LogP contribution in [0.15, 0.2) is 24.5 Å². The Kier molecular flexibility index (Phi) is 5.69. The Morgan fingerprint density at radius 1 is 1.41 bits per heavy atom. The number of carbonyl (C=O) groups excluding carboxylic acids is 1. The molecule has 0 bridgehead atoms. The summed E-state index contributed by atoms with van der Waals surface area (Å²) in [6.07, 6.45) is 7.04. The number of pyridine rings is 1. The van der Waals surface area contributed by atoms with Gasteiger partial charge in [-0.15, -0.1) is 0 Å². The quantitative estimate of drug-likeness (QED) is 0.825. The number of aromatic amines is 1. The summed E-state index contributed by atoms with van der Waals surface area (Å²) in [6.45, 7) is 6.01. The Labute approximate surface area is 131 Å². The average molecular weight is 300 g/mol. The highest BCUT2D eigenvalue weighted by atomic mass is 16.1. The Morgan fingerprint density at radius 2 is 2.23 bits per heavy atom. The number of aromatic nitrogens is 3. The molecule has 0 aliphatic rings. The number of carbonyl (C=O) groups is 1. The van der Waals surface area contributed by atoms with Gasteiger partial charge in [0.2, 0.25) is 5.91 Å². The number of H-pyrrole nitrogens is 1. The molecule has 0 saturated carbocycles. The lowest BCUT2D eigenvalue weighted by Crippen LogP contribution is -2.30. The lowest BCUT2D eigenvalue weighted by Gasteiger charge is -2.19. The van der Waals surface area contributed by atoms with E-state index < -0.39 is 0 Å². The normalized spacial score (nSPS) is 12.1. The highest BCUT2D eigenvalue weighted by Gasteiger charge is 2.17. The standard InChI is InChI=1S/C17H24N4O/c1-4-5-8-16(14-7-6-9-18-11-14)19-17(22)10-15-12(2)20-21-13(15)3/h6-7,9,11,16H,4-5,8,10H2,1-3H3,(H,19,22)(H,20,21)/t16-/m1/s1. The monoisotopic (exact) mass is 300 g/mol.